The smallest absolute Gasteiger partial charge is 0.202 e. The topological polar surface area (TPSA) is 74.2 Å². The minimum Gasteiger partial charge on any atom is -0.414 e. The van der Waals surface area contributed by atoms with Gasteiger partial charge in [-0.05, 0) is 94.2 Å². The second-order valence-electron chi connectivity index (χ2n) is 21.5. The summed E-state index contributed by atoms with van der Waals surface area (Å²) in [5, 5.41) is 12.1. The van der Waals surface area contributed by atoms with Gasteiger partial charge in [-0.25, -0.2) is 0 Å². The van der Waals surface area contributed by atoms with E-state index >= 15 is 4.79 Å². The number of terminal acetylenes is 1. The van der Waals surface area contributed by atoms with Crippen molar-refractivity contribution >= 4 is 39.1 Å². The Kier molecular flexibility index (Phi) is 24.1. The molecule has 0 aliphatic heterocycles. The molecule has 58 heavy (non-hydrogen) atoms. The Morgan fingerprint density at radius 2 is 0.931 bits per heavy atom. The number of rotatable bonds is 29. The first-order valence-electron chi connectivity index (χ1n) is 23.9. The predicted molar refractivity (Wildman–Crippen MR) is 263 cm³/mol. The fourth-order valence-electron chi connectivity index (χ4n) is 11.9. The molecule has 0 amide bonds. The Morgan fingerprint density at radius 1 is 0.586 bits per heavy atom. The van der Waals surface area contributed by atoms with Crippen LogP contribution in [0.25, 0.3) is 0 Å². The van der Waals surface area contributed by atoms with E-state index in [4.69, 9.17) is 24.1 Å². The van der Waals surface area contributed by atoms with Crippen LogP contribution < -0.4 is 0 Å². The first-order valence-corrected chi connectivity index (χ1v) is 32.8. The Hall–Kier alpha value is -0.102. The first-order chi connectivity index (χ1) is 26.4. The first kappa shape index (κ1) is 57.9. The zero-order chi connectivity index (χ0) is 45.9. The fraction of sp³-hybridized carbons (Fsp3) is 0.938. The van der Waals surface area contributed by atoms with Crippen molar-refractivity contribution in [2.75, 3.05) is 0 Å². The molecule has 0 saturated carbocycles. The van der Waals surface area contributed by atoms with Gasteiger partial charge in [0.25, 0.3) is 0 Å². The molecule has 10 heteroatoms. The van der Waals surface area contributed by atoms with Crippen molar-refractivity contribution in [3.05, 3.63) is 0 Å². The molecule has 6 atom stereocenters. The highest BCUT2D eigenvalue weighted by molar-refractivity contribution is 6.79. The van der Waals surface area contributed by atoms with Crippen LogP contribution in [0, 0.1) is 18.3 Å². The lowest BCUT2D eigenvalue weighted by molar-refractivity contribution is -0.136. The molecular formula is C48H100O6Si4. The predicted octanol–water partition coefficient (Wildman–Crippen LogP) is 14.8. The average molecular weight is 886 g/mol. The van der Waals surface area contributed by atoms with Gasteiger partial charge < -0.3 is 22.8 Å². The number of aliphatic hydroxyl groups excluding tert-OH is 1. The Bertz CT molecular complexity index is 1160. The van der Waals surface area contributed by atoms with Crippen molar-refractivity contribution in [1.82, 2.24) is 0 Å². The lowest BCUT2D eigenvalue weighted by Gasteiger charge is -2.51. The summed E-state index contributed by atoms with van der Waals surface area (Å²) < 4.78 is 29.8. The molecule has 0 heterocycles. The molecule has 0 spiro atoms. The van der Waals surface area contributed by atoms with Crippen molar-refractivity contribution < 1.29 is 27.6 Å². The molecule has 0 aromatic carbocycles. The number of carbonyl (C=O) groups is 1. The molecule has 0 aliphatic rings. The molecular weight excluding hydrogens is 785 g/mol. The van der Waals surface area contributed by atoms with Crippen LogP contribution in [0.2, 0.25) is 68.0 Å². The monoisotopic (exact) mass is 885 g/mol. The highest BCUT2D eigenvalue weighted by Crippen LogP contribution is 2.49. The van der Waals surface area contributed by atoms with Gasteiger partial charge in [0, 0.05) is 18.9 Å². The van der Waals surface area contributed by atoms with Gasteiger partial charge in [-0.15, -0.1) is 6.42 Å². The van der Waals surface area contributed by atoms with Crippen molar-refractivity contribution in [2.24, 2.45) is 5.92 Å². The van der Waals surface area contributed by atoms with Gasteiger partial charge in [-0.1, -0.05) is 158 Å². The SMILES string of the molecule is C#C[C@@](C)(C[C@H](O)CC(=O)[C@H](O[Si](C(C)C)(C(C)C)C(C)C)[C@@H](O[Si](C(C)C)(C(C)C)C(C)C)[C@H](C)C[C@H](C)O[Si](CC)(CC)CC)O[Si](C(C)C)(C(C)C)C(C)C. The second kappa shape index (κ2) is 24.1. The van der Waals surface area contributed by atoms with Crippen LogP contribution in [0.4, 0.5) is 0 Å². The molecule has 6 nitrogen and oxygen atoms in total. The summed E-state index contributed by atoms with van der Waals surface area (Å²) in [5.41, 5.74) is 1.71. The Labute approximate surface area is 366 Å². The van der Waals surface area contributed by atoms with Crippen LogP contribution >= 0.6 is 0 Å². The van der Waals surface area contributed by atoms with Gasteiger partial charge >= 0.3 is 0 Å². The maximum absolute atomic E-state index is 15.4. The normalized spacial score (nSPS) is 17.6. The van der Waals surface area contributed by atoms with Crippen molar-refractivity contribution in [1.29, 1.82) is 0 Å². The highest BCUT2D eigenvalue weighted by Gasteiger charge is 2.54. The average Bonchev–Trinajstić information content (AvgIpc) is 3.09. The highest BCUT2D eigenvalue weighted by atomic mass is 28.4. The van der Waals surface area contributed by atoms with Crippen LogP contribution in [0.15, 0.2) is 0 Å². The molecule has 0 aliphatic carbocycles. The van der Waals surface area contributed by atoms with Gasteiger partial charge in [-0.3, -0.25) is 4.79 Å². The number of Topliss-reactive ketones (excluding diaryl/α,β-unsaturated/α-hetero) is 1. The van der Waals surface area contributed by atoms with Crippen molar-refractivity contribution in [2.45, 2.75) is 283 Å². The maximum atomic E-state index is 15.4. The van der Waals surface area contributed by atoms with E-state index in [0.717, 1.165) is 24.6 Å². The van der Waals surface area contributed by atoms with Crippen LogP contribution in [-0.4, -0.2) is 74.2 Å². The summed E-state index contributed by atoms with van der Waals surface area (Å²) in [6.07, 6.45) is 4.87. The standard InChI is InChI=1S/C48H100O6Si4/c1-26-48(25,54-58(39(17)18,40(19)20)41(21)22)32-44(49)31-45(50)47(53-57(36(11)12,37(13)14)38(15)16)46(52-56(33(5)6,34(7)8)35(9)10)42(23)30-43(24)51-55(27-2,28-3)29-4/h1,33-44,46-47,49H,27-32H2,2-25H3/t42-,43+,44-,46+,47+,48+/m1/s1. The molecule has 0 rings (SSSR count). The van der Waals surface area contributed by atoms with Crippen LogP contribution in [0.5, 0.6) is 0 Å². The van der Waals surface area contributed by atoms with Gasteiger partial charge in [0.15, 0.2) is 14.1 Å². The van der Waals surface area contributed by atoms with Crippen LogP contribution in [0.1, 0.15) is 185 Å². The number of hydrogen-bond donors (Lipinski definition) is 1. The third-order valence-electron chi connectivity index (χ3n) is 14.8. The lowest BCUT2D eigenvalue weighted by atomic mass is 9.89. The lowest BCUT2D eigenvalue weighted by Crippen LogP contribution is -2.60. The van der Waals surface area contributed by atoms with E-state index in [1.807, 2.05) is 6.92 Å². The molecule has 0 fully saturated rings. The minimum atomic E-state index is -2.63. The molecule has 0 radical (unpaired) electrons. The zero-order valence-corrected chi connectivity index (χ0v) is 46.9. The van der Waals surface area contributed by atoms with Crippen molar-refractivity contribution in [3.63, 3.8) is 0 Å². The molecule has 344 valence electrons. The van der Waals surface area contributed by atoms with E-state index in [-0.39, 0.29) is 47.3 Å². The van der Waals surface area contributed by atoms with Gasteiger partial charge in [-0.2, -0.15) is 0 Å². The Morgan fingerprint density at radius 3 is 1.24 bits per heavy atom. The van der Waals surface area contributed by atoms with Crippen molar-refractivity contribution in [3.8, 4) is 12.3 Å². The summed E-state index contributed by atoms with van der Waals surface area (Å²) in [6, 6.07) is 3.27. The van der Waals surface area contributed by atoms with E-state index in [1.165, 1.54) is 0 Å². The summed E-state index contributed by atoms with van der Waals surface area (Å²) in [7, 11) is -9.45. The van der Waals surface area contributed by atoms with E-state index in [9.17, 15) is 5.11 Å². The number of hydrogen-bond acceptors (Lipinski definition) is 6. The van der Waals surface area contributed by atoms with Gasteiger partial charge in [0.1, 0.15) is 11.7 Å². The van der Waals surface area contributed by atoms with E-state index < -0.39 is 57.2 Å². The number of carbonyl (C=O) groups excluding carboxylic acids is 1. The molecule has 0 saturated heterocycles. The number of ketones is 1. The summed E-state index contributed by atoms with van der Waals surface area (Å²) in [5.74, 6) is 2.84. The molecule has 0 aromatic heterocycles. The van der Waals surface area contributed by atoms with E-state index in [2.05, 4.69) is 165 Å². The molecule has 1 N–H and O–H groups in total. The van der Waals surface area contributed by atoms with Crippen LogP contribution in [-0.2, 0) is 22.5 Å². The van der Waals surface area contributed by atoms with E-state index in [1.54, 1.807) is 0 Å². The maximum Gasteiger partial charge on any atom is 0.202 e. The molecule has 0 aromatic rings. The number of aliphatic hydroxyl groups is 1. The van der Waals surface area contributed by atoms with Gasteiger partial charge in [0.05, 0.1) is 12.2 Å². The largest absolute Gasteiger partial charge is 0.414 e. The third-order valence-corrected chi connectivity index (χ3v) is 38.0. The Balaban J connectivity index is 7.80. The quantitative estimate of drug-likeness (QED) is 0.0596. The summed E-state index contributed by atoms with van der Waals surface area (Å²) in [4.78, 5) is 15.4. The minimum absolute atomic E-state index is 0.0188. The van der Waals surface area contributed by atoms with Crippen LogP contribution in [0.3, 0.4) is 0 Å². The second-order valence-corrected chi connectivity index (χ2v) is 42.4. The van der Waals surface area contributed by atoms with E-state index in [0.29, 0.717) is 33.2 Å². The summed E-state index contributed by atoms with van der Waals surface area (Å²) in [6.45, 7) is 54.3. The molecule has 0 bridgehead atoms. The van der Waals surface area contributed by atoms with Gasteiger partial charge in [0.2, 0.25) is 25.0 Å². The zero-order valence-electron chi connectivity index (χ0n) is 42.9. The summed E-state index contributed by atoms with van der Waals surface area (Å²) >= 11 is 0. The third kappa shape index (κ3) is 13.5. The molecule has 0 unspecified atom stereocenters. The fourth-order valence-corrected chi connectivity index (χ4v) is 31.7.